The average Bonchev–Trinajstić information content (AvgIpc) is 2.32. The van der Waals surface area contributed by atoms with Crippen molar-refractivity contribution >= 4 is 17.3 Å². The summed E-state index contributed by atoms with van der Waals surface area (Å²) in [5.41, 5.74) is 7.43. The lowest BCUT2D eigenvalue weighted by atomic mass is 10.1. The Morgan fingerprint density at radius 1 is 1.33 bits per heavy atom. The van der Waals surface area contributed by atoms with Crippen molar-refractivity contribution < 1.29 is 9.18 Å². The maximum atomic E-state index is 13.1. The van der Waals surface area contributed by atoms with E-state index in [0.717, 1.165) is 11.6 Å². The molecule has 4 nitrogen and oxygen atoms in total. The number of aryl methyl sites for hydroxylation is 1. The Morgan fingerprint density at radius 3 is 2.83 bits per heavy atom. The Bertz CT molecular complexity index is 599. The Labute approximate surface area is 104 Å². The van der Waals surface area contributed by atoms with Crippen molar-refractivity contribution in [2.24, 2.45) is 0 Å². The number of nitrogens with zero attached hydrogens (tertiary/aromatic N) is 1. The molecule has 18 heavy (non-hydrogen) atoms. The lowest BCUT2D eigenvalue weighted by Crippen LogP contribution is -2.14. The van der Waals surface area contributed by atoms with Crippen molar-refractivity contribution in [1.29, 1.82) is 0 Å². The van der Waals surface area contributed by atoms with E-state index in [-0.39, 0.29) is 11.3 Å². The van der Waals surface area contributed by atoms with E-state index in [1.807, 2.05) is 6.92 Å². The molecule has 92 valence electrons. The summed E-state index contributed by atoms with van der Waals surface area (Å²) in [7, 11) is 0. The van der Waals surface area contributed by atoms with Gasteiger partial charge < -0.3 is 11.1 Å². The predicted octanol–water partition coefficient (Wildman–Crippen LogP) is 2.36. The number of hydrogen-bond donors (Lipinski definition) is 2. The molecule has 2 rings (SSSR count). The van der Waals surface area contributed by atoms with Crippen LogP contribution in [0.2, 0.25) is 0 Å². The van der Waals surface area contributed by atoms with Crippen molar-refractivity contribution in [1.82, 2.24) is 4.98 Å². The minimum atomic E-state index is -0.503. The van der Waals surface area contributed by atoms with Crippen molar-refractivity contribution in [2.45, 2.75) is 6.92 Å². The normalized spacial score (nSPS) is 10.1. The van der Waals surface area contributed by atoms with E-state index in [0.29, 0.717) is 5.69 Å². The van der Waals surface area contributed by atoms with Crippen LogP contribution in [0.3, 0.4) is 0 Å². The third-order valence-corrected chi connectivity index (χ3v) is 2.39. The molecule has 0 aliphatic heterocycles. The molecule has 1 aromatic heterocycles. The van der Waals surface area contributed by atoms with Gasteiger partial charge in [0.25, 0.3) is 5.91 Å². The summed E-state index contributed by atoms with van der Waals surface area (Å²) in [5, 5.41) is 2.62. The van der Waals surface area contributed by atoms with Crippen molar-refractivity contribution in [3.8, 4) is 0 Å². The van der Waals surface area contributed by atoms with Crippen molar-refractivity contribution in [3.05, 3.63) is 53.6 Å². The summed E-state index contributed by atoms with van der Waals surface area (Å²) in [6.45, 7) is 1.86. The fourth-order valence-electron chi connectivity index (χ4n) is 1.55. The first kappa shape index (κ1) is 12.0. The van der Waals surface area contributed by atoms with Gasteiger partial charge in [-0.3, -0.25) is 9.78 Å². The van der Waals surface area contributed by atoms with Crippen molar-refractivity contribution in [2.75, 3.05) is 11.1 Å². The number of halogens is 1. The largest absolute Gasteiger partial charge is 0.398 e. The number of carbonyl (C=O) groups is 1. The number of nitrogen functional groups attached to an aromatic ring is 1. The SMILES string of the molecule is Cc1cncc(NC(=O)c2cc(F)ccc2N)c1. The second-order valence-electron chi connectivity index (χ2n) is 3.94. The van der Waals surface area contributed by atoms with Gasteiger partial charge in [0.05, 0.1) is 17.4 Å². The molecule has 3 N–H and O–H groups in total. The fraction of sp³-hybridized carbons (Fsp3) is 0.0769. The zero-order valence-corrected chi connectivity index (χ0v) is 9.77. The molecule has 0 aliphatic carbocycles. The highest BCUT2D eigenvalue weighted by atomic mass is 19.1. The van der Waals surface area contributed by atoms with Gasteiger partial charge in [-0.25, -0.2) is 4.39 Å². The van der Waals surface area contributed by atoms with Crippen LogP contribution in [0, 0.1) is 12.7 Å². The highest BCUT2D eigenvalue weighted by Crippen LogP contribution is 2.16. The second-order valence-corrected chi connectivity index (χ2v) is 3.94. The van der Waals surface area contributed by atoms with E-state index in [9.17, 15) is 9.18 Å². The van der Waals surface area contributed by atoms with Crippen LogP contribution in [-0.2, 0) is 0 Å². The van der Waals surface area contributed by atoms with Crippen LogP contribution in [0.5, 0.6) is 0 Å². The number of benzene rings is 1. The van der Waals surface area contributed by atoms with E-state index in [2.05, 4.69) is 10.3 Å². The highest BCUT2D eigenvalue weighted by molar-refractivity contribution is 6.07. The summed E-state index contributed by atoms with van der Waals surface area (Å²) in [6.07, 6.45) is 3.19. The number of aromatic nitrogens is 1. The number of amides is 1. The smallest absolute Gasteiger partial charge is 0.257 e. The molecule has 0 aliphatic rings. The zero-order chi connectivity index (χ0) is 13.1. The lowest BCUT2D eigenvalue weighted by molar-refractivity contribution is 0.102. The van der Waals surface area contributed by atoms with Gasteiger partial charge in [-0.15, -0.1) is 0 Å². The second kappa shape index (κ2) is 4.83. The first-order valence-electron chi connectivity index (χ1n) is 5.34. The first-order chi connectivity index (χ1) is 8.56. The molecule has 2 aromatic rings. The molecular weight excluding hydrogens is 233 g/mol. The number of pyridine rings is 1. The average molecular weight is 245 g/mol. The van der Waals surface area contributed by atoms with Crippen LogP contribution in [0.4, 0.5) is 15.8 Å². The predicted molar refractivity (Wildman–Crippen MR) is 67.7 cm³/mol. The summed E-state index contributed by atoms with van der Waals surface area (Å²) in [5.74, 6) is -0.962. The standard InChI is InChI=1S/C13H12FN3O/c1-8-4-10(7-16-6-8)17-13(18)11-5-9(14)2-3-12(11)15/h2-7H,15H2,1H3,(H,17,18). The summed E-state index contributed by atoms with van der Waals surface area (Å²) in [4.78, 5) is 15.9. The number of nitrogens with two attached hydrogens (primary N) is 1. The number of nitrogens with one attached hydrogen (secondary N) is 1. The van der Waals surface area contributed by atoms with Crippen LogP contribution in [0.25, 0.3) is 0 Å². The molecular formula is C13H12FN3O. The van der Waals surface area contributed by atoms with E-state index < -0.39 is 11.7 Å². The lowest BCUT2D eigenvalue weighted by Gasteiger charge is -2.07. The highest BCUT2D eigenvalue weighted by Gasteiger charge is 2.11. The van der Waals surface area contributed by atoms with Crippen molar-refractivity contribution in [3.63, 3.8) is 0 Å². The molecule has 0 spiro atoms. The molecule has 0 radical (unpaired) electrons. The van der Waals surface area contributed by atoms with E-state index in [1.165, 1.54) is 18.3 Å². The third kappa shape index (κ3) is 2.63. The minimum absolute atomic E-state index is 0.108. The molecule has 0 fully saturated rings. The molecule has 0 atom stereocenters. The molecule has 0 saturated heterocycles. The monoisotopic (exact) mass is 245 g/mol. The Balaban J connectivity index is 2.24. The van der Waals surface area contributed by atoms with E-state index in [4.69, 9.17) is 5.73 Å². The summed E-state index contributed by atoms with van der Waals surface area (Å²) >= 11 is 0. The molecule has 5 heteroatoms. The van der Waals surface area contributed by atoms with Crippen LogP contribution in [0.1, 0.15) is 15.9 Å². The number of anilines is 2. The Morgan fingerprint density at radius 2 is 2.11 bits per heavy atom. The van der Waals surface area contributed by atoms with Gasteiger partial charge in [-0.2, -0.15) is 0 Å². The maximum Gasteiger partial charge on any atom is 0.257 e. The minimum Gasteiger partial charge on any atom is -0.398 e. The summed E-state index contributed by atoms with van der Waals surface area (Å²) < 4.78 is 13.1. The molecule has 1 heterocycles. The first-order valence-corrected chi connectivity index (χ1v) is 5.34. The molecule has 0 saturated carbocycles. The van der Waals surface area contributed by atoms with Crippen LogP contribution in [-0.4, -0.2) is 10.9 Å². The molecule has 0 unspecified atom stereocenters. The van der Waals surface area contributed by atoms with Crippen LogP contribution >= 0.6 is 0 Å². The maximum absolute atomic E-state index is 13.1. The van der Waals surface area contributed by atoms with Gasteiger partial charge in [-0.05, 0) is 36.8 Å². The number of hydrogen-bond acceptors (Lipinski definition) is 3. The number of rotatable bonds is 2. The van der Waals surface area contributed by atoms with Crippen LogP contribution in [0.15, 0.2) is 36.7 Å². The number of carbonyl (C=O) groups excluding carboxylic acids is 1. The zero-order valence-electron chi connectivity index (χ0n) is 9.77. The van der Waals surface area contributed by atoms with Gasteiger partial charge in [-0.1, -0.05) is 0 Å². The third-order valence-electron chi connectivity index (χ3n) is 2.39. The molecule has 1 amide bonds. The quantitative estimate of drug-likeness (QED) is 0.798. The van der Waals surface area contributed by atoms with Gasteiger partial charge in [0.1, 0.15) is 5.82 Å². The molecule has 1 aromatic carbocycles. The Hall–Kier alpha value is -2.43. The van der Waals surface area contributed by atoms with Gasteiger partial charge in [0.2, 0.25) is 0 Å². The van der Waals surface area contributed by atoms with Gasteiger partial charge in [0.15, 0.2) is 0 Å². The Kier molecular flexibility index (Phi) is 3.23. The van der Waals surface area contributed by atoms with E-state index >= 15 is 0 Å². The van der Waals surface area contributed by atoms with Gasteiger partial charge in [0, 0.05) is 11.9 Å². The molecule has 0 bridgehead atoms. The topological polar surface area (TPSA) is 68.0 Å². The van der Waals surface area contributed by atoms with E-state index in [1.54, 1.807) is 12.3 Å². The van der Waals surface area contributed by atoms with Crippen LogP contribution < -0.4 is 11.1 Å². The summed E-state index contributed by atoms with van der Waals surface area (Å²) in [6, 6.07) is 5.44. The van der Waals surface area contributed by atoms with Gasteiger partial charge >= 0.3 is 0 Å². The fourth-order valence-corrected chi connectivity index (χ4v) is 1.55.